The van der Waals surface area contributed by atoms with E-state index < -0.39 is 11.2 Å². The molecule has 3 heterocycles. The van der Waals surface area contributed by atoms with Gasteiger partial charge in [0.2, 0.25) is 0 Å². The minimum Gasteiger partial charge on any atom is -0.371 e. The Bertz CT molecular complexity index is 953. The van der Waals surface area contributed by atoms with Gasteiger partial charge in [0.15, 0.2) is 5.69 Å². The molecule has 1 spiro atoms. The van der Waals surface area contributed by atoms with Gasteiger partial charge in [-0.2, -0.15) is 5.26 Å². The predicted octanol–water partition coefficient (Wildman–Crippen LogP) is -0.239. The van der Waals surface area contributed by atoms with Crippen LogP contribution < -0.4 is 16.1 Å². The average molecular weight is 326 g/mol. The van der Waals surface area contributed by atoms with E-state index in [-0.39, 0.29) is 16.9 Å². The van der Waals surface area contributed by atoms with Gasteiger partial charge in [-0.1, -0.05) is 0 Å². The first-order chi connectivity index (χ1) is 11.6. The van der Waals surface area contributed by atoms with Gasteiger partial charge >= 0.3 is 5.69 Å². The molecule has 0 atom stereocenters. The van der Waals surface area contributed by atoms with Crippen molar-refractivity contribution < 1.29 is 4.74 Å². The second-order valence-corrected chi connectivity index (χ2v) is 6.01. The number of morpholine rings is 1. The maximum atomic E-state index is 12.0. The van der Waals surface area contributed by atoms with Gasteiger partial charge in [0.25, 0.3) is 5.56 Å². The Hall–Kier alpha value is -2.99. The molecule has 9 heteroatoms. The van der Waals surface area contributed by atoms with Crippen LogP contribution in [0.4, 0.5) is 5.69 Å². The first-order valence-corrected chi connectivity index (χ1v) is 7.59. The molecule has 0 radical (unpaired) electrons. The average Bonchev–Trinajstić information content (AvgIpc) is 3.33. The zero-order chi connectivity index (χ0) is 16.7. The molecule has 4 rings (SSSR count). The highest BCUT2D eigenvalue weighted by Crippen LogP contribution is 2.43. The van der Waals surface area contributed by atoms with Crippen molar-refractivity contribution in [2.75, 3.05) is 24.6 Å². The van der Waals surface area contributed by atoms with Crippen LogP contribution in [0.15, 0.2) is 21.9 Å². The van der Waals surface area contributed by atoms with Crippen LogP contribution in [-0.4, -0.2) is 45.5 Å². The molecule has 2 fully saturated rings. The summed E-state index contributed by atoms with van der Waals surface area (Å²) in [4.78, 5) is 29.7. The topological polar surface area (TPSA) is 128 Å². The monoisotopic (exact) mass is 326 g/mol. The summed E-state index contributed by atoms with van der Waals surface area (Å²) in [6.45, 7) is 1.92. The lowest BCUT2D eigenvalue weighted by Crippen LogP contribution is -2.44. The van der Waals surface area contributed by atoms with Crippen molar-refractivity contribution in [2.45, 2.75) is 18.4 Å². The van der Waals surface area contributed by atoms with Crippen molar-refractivity contribution in [1.29, 1.82) is 5.26 Å². The van der Waals surface area contributed by atoms with E-state index in [4.69, 9.17) is 4.74 Å². The highest BCUT2D eigenvalue weighted by Gasteiger charge is 2.47. The zero-order valence-electron chi connectivity index (χ0n) is 12.7. The number of anilines is 1. The maximum absolute atomic E-state index is 12.0. The summed E-state index contributed by atoms with van der Waals surface area (Å²) in [6.07, 6.45) is 3.31. The van der Waals surface area contributed by atoms with E-state index in [0.717, 1.165) is 12.8 Å². The molecule has 2 N–H and O–H groups in total. The van der Waals surface area contributed by atoms with Crippen LogP contribution in [0.1, 0.15) is 18.5 Å². The molecular formula is C15H14N6O3. The van der Waals surface area contributed by atoms with Gasteiger partial charge in [-0.15, -0.1) is 10.2 Å². The normalized spacial score (nSPS) is 18.4. The van der Waals surface area contributed by atoms with Gasteiger partial charge in [0, 0.05) is 19.3 Å². The number of nitriles is 1. The van der Waals surface area contributed by atoms with Crippen LogP contribution in [0.2, 0.25) is 0 Å². The van der Waals surface area contributed by atoms with Gasteiger partial charge in [-0.25, -0.2) is 4.79 Å². The number of aromatic nitrogens is 4. The number of hydrogen-bond acceptors (Lipinski definition) is 7. The summed E-state index contributed by atoms with van der Waals surface area (Å²) in [5.74, 6) is 0. The van der Waals surface area contributed by atoms with Crippen molar-refractivity contribution in [2.24, 2.45) is 0 Å². The van der Waals surface area contributed by atoms with Crippen molar-refractivity contribution >= 4 is 5.69 Å². The lowest BCUT2D eigenvalue weighted by molar-refractivity contribution is 0.0206. The smallest absolute Gasteiger partial charge is 0.325 e. The molecule has 1 saturated heterocycles. The second-order valence-electron chi connectivity index (χ2n) is 6.01. The third-order valence-corrected chi connectivity index (χ3v) is 4.37. The molecule has 2 aliphatic rings. The molecule has 1 aliphatic heterocycles. The Morgan fingerprint density at radius 2 is 2.17 bits per heavy atom. The number of ether oxygens (including phenoxy) is 1. The van der Waals surface area contributed by atoms with E-state index in [1.807, 2.05) is 11.0 Å². The molecule has 0 unspecified atom stereocenters. The molecule has 0 aromatic carbocycles. The molecule has 2 aromatic rings. The van der Waals surface area contributed by atoms with Gasteiger partial charge in [-0.3, -0.25) is 9.78 Å². The zero-order valence-corrected chi connectivity index (χ0v) is 12.7. The van der Waals surface area contributed by atoms with Crippen LogP contribution in [0.3, 0.4) is 0 Å². The van der Waals surface area contributed by atoms with Crippen LogP contribution in [-0.2, 0) is 4.74 Å². The lowest BCUT2D eigenvalue weighted by Gasteiger charge is -2.35. The minimum absolute atomic E-state index is 0.107. The third kappa shape index (κ3) is 2.47. The Morgan fingerprint density at radius 1 is 1.33 bits per heavy atom. The Morgan fingerprint density at radius 3 is 2.88 bits per heavy atom. The van der Waals surface area contributed by atoms with Crippen LogP contribution >= 0.6 is 0 Å². The first kappa shape index (κ1) is 14.6. The largest absolute Gasteiger partial charge is 0.371 e. The number of rotatable bonds is 2. The summed E-state index contributed by atoms with van der Waals surface area (Å²) in [7, 11) is 0. The molecule has 0 bridgehead atoms. The maximum Gasteiger partial charge on any atom is 0.325 e. The first-order valence-electron chi connectivity index (χ1n) is 7.59. The van der Waals surface area contributed by atoms with Crippen LogP contribution in [0.5, 0.6) is 0 Å². The molecule has 2 aromatic heterocycles. The van der Waals surface area contributed by atoms with E-state index in [2.05, 4.69) is 20.2 Å². The fourth-order valence-corrected chi connectivity index (χ4v) is 2.93. The highest BCUT2D eigenvalue weighted by atomic mass is 16.5. The van der Waals surface area contributed by atoms with Crippen molar-refractivity contribution in [3.8, 4) is 17.3 Å². The highest BCUT2D eigenvalue weighted by molar-refractivity contribution is 5.66. The Labute approximate surface area is 135 Å². The second kappa shape index (κ2) is 5.28. The van der Waals surface area contributed by atoms with E-state index in [0.29, 0.717) is 31.1 Å². The number of nitrogens with one attached hydrogen (secondary N) is 2. The molecule has 1 aliphatic carbocycles. The summed E-state index contributed by atoms with van der Waals surface area (Å²) in [5.41, 5.74) is 0.0861. The van der Waals surface area contributed by atoms with Crippen molar-refractivity contribution in [3.05, 3.63) is 38.8 Å². The fourth-order valence-electron chi connectivity index (χ4n) is 2.93. The van der Waals surface area contributed by atoms with E-state index in [1.54, 1.807) is 6.07 Å². The summed E-state index contributed by atoms with van der Waals surface area (Å²) in [5, 5.41) is 17.2. The Balaban J connectivity index is 1.77. The quantitative estimate of drug-likeness (QED) is 0.779. The van der Waals surface area contributed by atoms with Gasteiger partial charge in [0.1, 0.15) is 11.8 Å². The lowest BCUT2D eigenvalue weighted by atomic mass is 10.1. The summed E-state index contributed by atoms with van der Waals surface area (Å²) >= 11 is 0. The van der Waals surface area contributed by atoms with Crippen LogP contribution in [0.25, 0.3) is 11.3 Å². The van der Waals surface area contributed by atoms with E-state index >= 15 is 0 Å². The van der Waals surface area contributed by atoms with Gasteiger partial charge < -0.3 is 14.6 Å². The molecule has 122 valence electrons. The summed E-state index contributed by atoms with van der Waals surface area (Å²) < 4.78 is 5.79. The van der Waals surface area contributed by atoms with Crippen LogP contribution in [0, 0.1) is 11.3 Å². The number of nitrogens with zero attached hydrogens (tertiary/aromatic N) is 4. The molecule has 24 heavy (non-hydrogen) atoms. The number of hydrogen-bond donors (Lipinski definition) is 2. The fraction of sp³-hybridized carbons (Fsp3) is 0.400. The Kier molecular flexibility index (Phi) is 3.21. The number of H-pyrrole nitrogens is 2. The van der Waals surface area contributed by atoms with Crippen molar-refractivity contribution in [1.82, 2.24) is 20.2 Å². The van der Waals surface area contributed by atoms with Gasteiger partial charge in [-0.05, 0) is 18.9 Å². The van der Waals surface area contributed by atoms with Gasteiger partial charge in [0.05, 0.1) is 23.5 Å². The third-order valence-electron chi connectivity index (χ3n) is 4.37. The predicted molar refractivity (Wildman–Crippen MR) is 83.6 cm³/mol. The molecule has 9 nitrogen and oxygen atoms in total. The van der Waals surface area contributed by atoms with Crippen molar-refractivity contribution in [3.63, 3.8) is 0 Å². The SMILES string of the molecule is N#Cc1nnc(-c2c[nH]c(=O)[nH]c2=O)cc1N1CCOC2(CC2)C1. The van der Waals surface area contributed by atoms with E-state index in [1.165, 1.54) is 6.20 Å². The van der Waals surface area contributed by atoms with E-state index in [9.17, 15) is 14.9 Å². The standard InChI is InChI=1S/C15H14N6O3/c16-6-11-12(21-3-4-24-15(8-21)1-2-15)5-10(19-20-11)9-7-17-14(23)18-13(9)22/h5,7H,1-4,8H2,(H2,17,18,22,23). The minimum atomic E-state index is -0.588. The molecular weight excluding hydrogens is 312 g/mol. The number of aromatic amines is 2. The molecule has 0 amide bonds. The molecule has 1 saturated carbocycles. The summed E-state index contributed by atoms with van der Waals surface area (Å²) in [6, 6.07) is 3.71.